The molecule has 0 bridgehead atoms. The van der Waals surface area contributed by atoms with E-state index in [4.69, 9.17) is 4.74 Å². The van der Waals surface area contributed by atoms with Gasteiger partial charge >= 0.3 is 0 Å². The fourth-order valence-electron chi connectivity index (χ4n) is 3.12. The zero-order chi connectivity index (χ0) is 23.1. The van der Waals surface area contributed by atoms with E-state index in [2.05, 4.69) is 20.7 Å². The van der Waals surface area contributed by atoms with Gasteiger partial charge in [0.15, 0.2) is 5.96 Å². The molecule has 0 radical (unpaired) electrons. The van der Waals surface area contributed by atoms with E-state index in [1.54, 1.807) is 36.1 Å². The highest BCUT2D eigenvalue weighted by Crippen LogP contribution is 2.26. The summed E-state index contributed by atoms with van der Waals surface area (Å²) in [4.78, 5) is 4.63. The normalized spacial score (nSPS) is 13.1. The first-order chi connectivity index (χ1) is 15.3. The molecular weight excluding hydrogens is 536 g/mol. The highest BCUT2D eigenvalue weighted by atomic mass is 127. The Labute approximate surface area is 211 Å². The van der Waals surface area contributed by atoms with Gasteiger partial charge in [-0.15, -0.1) is 24.0 Å². The van der Waals surface area contributed by atoms with Crippen molar-refractivity contribution in [2.24, 2.45) is 12.0 Å². The van der Waals surface area contributed by atoms with Gasteiger partial charge in [0, 0.05) is 25.4 Å². The molecule has 0 aliphatic rings. The molecule has 9 heteroatoms. The van der Waals surface area contributed by atoms with E-state index in [-0.39, 0.29) is 36.3 Å². The number of benzene rings is 2. The van der Waals surface area contributed by atoms with Gasteiger partial charge in [-0.25, -0.2) is 9.38 Å². The molecule has 3 rings (SSSR count). The first-order valence-electron chi connectivity index (χ1n) is 10.5. The fourth-order valence-corrected chi connectivity index (χ4v) is 3.12. The summed E-state index contributed by atoms with van der Waals surface area (Å²) in [6, 6.07) is 11.8. The fraction of sp³-hybridized carbons (Fsp3) is 0.333. The van der Waals surface area contributed by atoms with E-state index < -0.39 is 5.60 Å². The van der Waals surface area contributed by atoms with E-state index in [0.29, 0.717) is 30.5 Å². The monoisotopic (exact) mass is 567 g/mol. The third-order valence-corrected chi connectivity index (χ3v) is 4.97. The number of nitrogens with zero attached hydrogens (tertiary/aromatic N) is 3. The largest absolute Gasteiger partial charge is 0.457 e. The van der Waals surface area contributed by atoms with Gasteiger partial charge in [-0.2, -0.15) is 5.10 Å². The van der Waals surface area contributed by atoms with Crippen molar-refractivity contribution in [1.82, 2.24) is 20.4 Å². The van der Waals surface area contributed by atoms with Gasteiger partial charge in [-0.05, 0) is 62.2 Å². The van der Waals surface area contributed by atoms with E-state index in [1.165, 1.54) is 12.1 Å². The molecule has 7 nitrogen and oxygen atoms in total. The molecule has 0 fully saturated rings. The van der Waals surface area contributed by atoms with Crippen LogP contribution in [-0.2, 0) is 19.2 Å². The van der Waals surface area contributed by atoms with Crippen LogP contribution in [0.1, 0.15) is 30.5 Å². The summed E-state index contributed by atoms with van der Waals surface area (Å²) in [5.41, 5.74) is 1.63. The molecule has 178 valence electrons. The van der Waals surface area contributed by atoms with Crippen LogP contribution in [-0.4, -0.2) is 33.9 Å². The first kappa shape index (κ1) is 26.6. The molecule has 1 aromatic heterocycles. The van der Waals surface area contributed by atoms with E-state index >= 15 is 0 Å². The second kappa shape index (κ2) is 12.0. The Morgan fingerprint density at radius 1 is 1.21 bits per heavy atom. The molecule has 1 atom stereocenters. The smallest absolute Gasteiger partial charge is 0.191 e. The van der Waals surface area contributed by atoms with Gasteiger partial charge in [0.1, 0.15) is 22.9 Å². The van der Waals surface area contributed by atoms with Crippen LogP contribution in [0.3, 0.4) is 0 Å². The third kappa shape index (κ3) is 7.71. The van der Waals surface area contributed by atoms with Gasteiger partial charge in [-0.3, -0.25) is 4.68 Å². The lowest BCUT2D eigenvalue weighted by atomic mass is 10.00. The molecule has 2 aromatic carbocycles. The lowest BCUT2D eigenvalue weighted by molar-refractivity contribution is 0.0616. The number of hydrogen-bond acceptors (Lipinski definition) is 4. The minimum absolute atomic E-state index is 0. The quantitative estimate of drug-likeness (QED) is 0.216. The van der Waals surface area contributed by atoms with Gasteiger partial charge in [0.05, 0.1) is 19.3 Å². The van der Waals surface area contributed by atoms with E-state index in [9.17, 15) is 9.50 Å². The van der Waals surface area contributed by atoms with Crippen LogP contribution in [0.15, 0.2) is 59.9 Å². The SMILES string of the molecule is CCNC(=NCc1ccc(Oc2ccc(F)cc2)c(C)c1)NCC(C)(O)c1cnn(C)c1.I. The van der Waals surface area contributed by atoms with Gasteiger partial charge in [0.25, 0.3) is 0 Å². The molecule has 0 saturated heterocycles. The van der Waals surface area contributed by atoms with Crippen molar-refractivity contribution >= 4 is 29.9 Å². The average Bonchev–Trinajstić information content (AvgIpc) is 3.21. The number of hydrogen-bond donors (Lipinski definition) is 3. The Morgan fingerprint density at radius 3 is 2.55 bits per heavy atom. The summed E-state index contributed by atoms with van der Waals surface area (Å²) >= 11 is 0. The summed E-state index contributed by atoms with van der Waals surface area (Å²) in [5, 5.41) is 21.3. The Morgan fingerprint density at radius 2 is 1.94 bits per heavy atom. The Hall–Kier alpha value is -2.66. The second-order valence-electron chi connectivity index (χ2n) is 7.88. The van der Waals surface area contributed by atoms with Crippen LogP contribution >= 0.6 is 24.0 Å². The molecule has 0 amide bonds. The van der Waals surface area contributed by atoms with Crippen molar-refractivity contribution in [3.05, 3.63) is 77.4 Å². The first-order valence-corrected chi connectivity index (χ1v) is 10.5. The number of guanidine groups is 1. The number of halogens is 2. The maximum Gasteiger partial charge on any atom is 0.191 e. The summed E-state index contributed by atoms with van der Waals surface area (Å²) < 4.78 is 20.6. The number of aromatic nitrogens is 2. The zero-order valence-electron chi connectivity index (χ0n) is 19.3. The summed E-state index contributed by atoms with van der Waals surface area (Å²) in [7, 11) is 1.82. The Kier molecular flexibility index (Phi) is 9.66. The average molecular weight is 567 g/mol. The Balaban J connectivity index is 0.00000385. The Bertz CT molecular complexity index is 1070. The maximum absolute atomic E-state index is 13.1. The lowest BCUT2D eigenvalue weighted by Gasteiger charge is -2.23. The third-order valence-electron chi connectivity index (χ3n) is 4.97. The van der Waals surface area contributed by atoms with Crippen LogP contribution in [0.2, 0.25) is 0 Å². The van der Waals surface area contributed by atoms with Crippen LogP contribution in [0.4, 0.5) is 4.39 Å². The van der Waals surface area contributed by atoms with E-state index in [1.807, 2.05) is 39.1 Å². The van der Waals surface area contributed by atoms with Crippen molar-refractivity contribution < 1.29 is 14.2 Å². The summed E-state index contributed by atoms with van der Waals surface area (Å²) in [5.74, 6) is 1.61. The molecule has 3 aromatic rings. The van der Waals surface area contributed by atoms with Crippen molar-refractivity contribution in [1.29, 1.82) is 0 Å². The number of rotatable bonds is 8. The second-order valence-corrected chi connectivity index (χ2v) is 7.88. The molecule has 0 aliphatic heterocycles. The minimum Gasteiger partial charge on any atom is -0.457 e. The van der Waals surface area contributed by atoms with Crippen molar-refractivity contribution in [2.45, 2.75) is 32.9 Å². The van der Waals surface area contributed by atoms with Crippen molar-refractivity contribution in [3.8, 4) is 11.5 Å². The van der Waals surface area contributed by atoms with Gasteiger partial charge < -0.3 is 20.5 Å². The number of aliphatic hydroxyl groups is 1. The number of aryl methyl sites for hydroxylation is 2. The molecule has 0 saturated carbocycles. The molecule has 33 heavy (non-hydrogen) atoms. The molecule has 1 unspecified atom stereocenters. The van der Waals surface area contributed by atoms with Crippen LogP contribution in [0, 0.1) is 12.7 Å². The predicted molar refractivity (Wildman–Crippen MR) is 139 cm³/mol. The highest BCUT2D eigenvalue weighted by molar-refractivity contribution is 14.0. The lowest BCUT2D eigenvalue weighted by Crippen LogP contribution is -2.44. The minimum atomic E-state index is -1.08. The van der Waals surface area contributed by atoms with Crippen LogP contribution < -0.4 is 15.4 Å². The van der Waals surface area contributed by atoms with Crippen LogP contribution in [0.5, 0.6) is 11.5 Å². The predicted octanol–water partition coefficient (Wildman–Crippen LogP) is 4.24. The standard InChI is InChI=1S/C24H30FN5O2.HI/c1-5-26-23(28-16-24(3,31)19-14-29-30(4)15-19)27-13-18-6-11-22(17(2)12-18)32-21-9-7-20(25)8-10-21;/h6-12,14-15,31H,5,13,16H2,1-4H3,(H2,26,27,28);1H. The highest BCUT2D eigenvalue weighted by Gasteiger charge is 2.25. The topological polar surface area (TPSA) is 83.7 Å². The molecule has 0 spiro atoms. The van der Waals surface area contributed by atoms with Gasteiger partial charge in [-0.1, -0.05) is 12.1 Å². The van der Waals surface area contributed by atoms with Gasteiger partial charge in [0.2, 0.25) is 0 Å². The molecule has 0 aliphatic carbocycles. The van der Waals surface area contributed by atoms with E-state index in [0.717, 1.165) is 16.7 Å². The summed E-state index contributed by atoms with van der Waals surface area (Å²) in [6.45, 7) is 7.13. The molecule has 1 heterocycles. The number of aliphatic imine (C=N–C) groups is 1. The number of nitrogens with one attached hydrogen (secondary N) is 2. The molecular formula is C24H31FIN5O2. The molecule has 3 N–H and O–H groups in total. The van der Waals surface area contributed by atoms with Crippen molar-refractivity contribution in [2.75, 3.05) is 13.1 Å². The maximum atomic E-state index is 13.1. The van der Waals surface area contributed by atoms with Crippen molar-refractivity contribution in [3.63, 3.8) is 0 Å². The summed E-state index contributed by atoms with van der Waals surface area (Å²) in [6.07, 6.45) is 3.45. The van der Waals surface area contributed by atoms with Crippen LogP contribution in [0.25, 0.3) is 0 Å². The zero-order valence-corrected chi connectivity index (χ0v) is 21.6. The number of ether oxygens (including phenoxy) is 1.